The second kappa shape index (κ2) is 13.1. The lowest BCUT2D eigenvalue weighted by Gasteiger charge is -2.05. The van der Waals surface area contributed by atoms with Gasteiger partial charge in [-0.3, -0.25) is 4.79 Å². The maximum Gasteiger partial charge on any atom is 0.220 e. The first-order chi connectivity index (χ1) is 8.31. The maximum atomic E-state index is 11.2. The molecule has 0 radical (unpaired) electrons. The average molecular weight is 246 g/mol. The third kappa shape index (κ3) is 13.0. The summed E-state index contributed by atoms with van der Waals surface area (Å²) in [5.41, 5.74) is 5.03. The highest BCUT2D eigenvalue weighted by Crippen LogP contribution is 1.90. The topological polar surface area (TPSA) is 82.8 Å². The molecule has 0 aromatic heterocycles. The summed E-state index contributed by atoms with van der Waals surface area (Å²) in [4.78, 5) is 20.3. The van der Waals surface area contributed by atoms with Crippen molar-refractivity contribution in [2.24, 2.45) is 5.73 Å². The van der Waals surface area contributed by atoms with Crippen molar-refractivity contribution in [2.45, 2.75) is 19.8 Å². The molecule has 6 heteroatoms. The zero-order chi connectivity index (χ0) is 12.8. The normalized spacial score (nSPS) is 10.9. The number of carbonyl (C=O) groups excluding carboxylic acids is 1. The third-order valence-electron chi connectivity index (χ3n) is 1.80. The van der Waals surface area contributed by atoms with Gasteiger partial charge >= 0.3 is 0 Å². The van der Waals surface area contributed by atoms with Gasteiger partial charge in [0.2, 0.25) is 5.91 Å². The van der Waals surface area contributed by atoms with Crippen molar-refractivity contribution in [1.82, 2.24) is 5.32 Å². The standard InChI is InChI=1S/C11H22N2O4/c1-2-3-4-5-11(14)13-6-7-15-8-9-16-17-10-12/h2-3H,4-10,12H2,1H3,(H,13,14). The summed E-state index contributed by atoms with van der Waals surface area (Å²) in [5.74, 6) is 0.0365. The van der Waals surface area contributed by atoms with Crippen LogP contribution in [-0.2, 0) is 19.3 Å². The van der Waals surface area contributed by atoms with E-state index in [0.717, 1.165) is 6.42 Å². The van der Waals surface area contributed by atoms with E-state index in [-0.39, 0.29) is 12.6 Å². The highest BCUT2D eigenvalue weighted by Gasteiger charge is 1.98. The van der Waals surface area contributed by atoms with Gasteiger partial charge in [-0.15, -0.1) is 0 Å². The van der Waals surface area contributed by atoms with Gasteiger partial charge in [0.15, 0.2) is 0 Å². The van der Waals surface area contributed by atoms with Crippen LogP contribution in [0.4, 0.5) is 0 Å². The van der Waals surface area contributed by atoms with Crippen LogP contribution >= 0.6 is 0 Å². The Hall–Kier alpha value is -0.950. The number of carbonyl (C=O) groups is 1. The van der Waals surface area contributed by atoms with Gasteiger partial charge in [0, 0.05) is 13.0 Å². The number of amides is 1. The van der Waals surface area contributed by atoms with Gasteiger partial charge in [-0.25, -0.2) is 9.78 Å². The fraction of sp³-hybridized carbons (Fsp3) is 0.727. The lowest BCUT2D eigenvalue weighted by atomic mass is 10.3. The highest BCUT2D eigenvalue weighted by atomic mass is 17.2. The Morgan fingerprint density at radius 1 is 1.29 bits per heavy atom. The molecule has 0 unspecified atom stereocenters. The molecule has 17 heavy (non-hydrogen) atoms. The molecule has 0 aromatic rings. The number of hydrogen-bond donors (Lipinski definition) is 2. The van der Waals surface area contributed by atoms with E-state index in [4.69, 9.17) is 10.5 Å². The Labute approximate surface area is 102 Å². The van der Waals surface area contributed by atoms with E-state index in [1.165, 1.54) is 0 Å². The number of ether oxygens (including phenoxy) is 1. The van der Waals surface area contributed by atoms with Crippen LogP contribution in [0.25, 0.3) is 0 Å². The summed E-state index contributed by atoms with van der Waals surface area (Å²) >= 11 is 0. The van der Waals surface area contributed by atoms with Crippen molar-refractivity contribution in [1.29, 1.82) is 0 Å². The second-order valence-electron chi connectivity index (χ2n) is 3.18. The summed E-state index contributed by atoms with van der Waals surface area (Å²) in [6.45, 7) is 3.67. The molecule has 0 heterocycles. The summed E-state index contributed by atoms with van der Waals surface area (Å²) in [7, 11) is 0. The molecular weight excluding hydrogens is 224 g/mol. The predicted octanol–water partition coefficient (Wildman–Crippen LogP) is 0.340. The number of rotatable bonds is 11. The van der Waals surface area contributed by atoms with E-state index in [1.807, 2.05) is 19.1 Å². The van der Waals surface area contributed by atoms with E-state index in [1.54, 1.807) is 0 Å². The van der Waals surface area contributed by atoms with Gasteiger partial charge in [0.1, 0.15) is 13.3 Å². The summed E-state index contributed by atoms with van der Waals surface area (Å²) < 4.78 is 5.18. The van der Waals surface area contributed by atoms with Crippen LogP contribution in [0.1, 0.15) is 19.8 Å². The molecule has 3 N–H and O–H groups in total. The Morgan fingerprint density at radius 3 is 2.82 bits per heavy atom. The van der Waals surface area contributed by atoms with E-state index in [0.29, 0.717) is 32.8 Å². The summed E-state index contributed by atoms with van der Waals surface area (Å²) in [6.07, 6.45) is 5.18. The highest BCUT2D eigenvalue weighted by molar-refractivity contribution is 5.75. The van der Waals surface area contributed by atoms with Crippen LogP contribution < -0.4 is 11.1 Å². The van der Waals surface area contributed by atoms with Gasteiger partial charge in [-0.2, -0.15) is 0 Å². The van der Waals surface area contributed by atoms with Crippen LogP contribution in [0.3, 0.4) is 0 Å². The lowest BCUT2D eigenvalue weighted by Crippen LogP contribution is -2.27. The summed E-state index contributed by atoms with van der Waals surface area (Å²) in [6, 6.07) is 0. The minimum atomic E-state index is 0.0300. The van der Waals surface area contributed by atoms with Crippen molar-refractivity contribution in [3.63, 3.8) is 0 Å². The quantitative estimate of drug-likeness (QED) is 0.181. The van der Waals surface area contributed by atoms with E-state index >= 15 is 0 Å². The van der Waals surface area contributed by atoms with Crippen LogP contribution in [0.15, 0.2) is 12.2 Å². The molecule has 0 fully saturated rings. The molecule has 0 aliphatic rings. The van der Waals surface area contributed by atoms with Gasteiger partial charge in [0.25, 0.3) is 0 Å². The van der Waals surface area contributed by atoms with Gasteiger partial charge in [0.05, 0.1) is 13.2 Å². The molecule has 0 spiro atoms. The number of hydrogen-bond acceptors (Lipinski definition) is 5. The summed E-state index contributed by atoms with van der Waals surface area (Å²) in [5, 5.41) is 2.75. The first kappa shape index (κ1) is 16.1. The zero-order valence-electron chi connectivity index (χ0n) is 10.3. The molecule has 100 valence electrons. The van der Waals surface area contributed by atoms with Crippen molar-refractivity contribution < 1.29 is 19.3 Å². The third-order valence-corrected chi connectivity index (χ3v) is 1.80. The molecule has 0 aliphatic carbocycles. The Morgan fingerprint density at radius 2 is 2.12 bits per heavy atom. The van der Waals surface area contributed by atoms with Gasteiger partial charge in [-0.1, -0.05) is 12.2 Å². The average Bonchev–Trinajstić information content (AvgIpc) is 2.33. The van der Waals surface area contributed by atoms with Crippen molar-refractivity contribution in [2.75, 3.05) is 33.1 Å². The van der Waals surface area contributed by atoms with Crippen molar-refractivity contribution in [3.8, 4) is 0 Å². The molecular formula is C11H22N2O4. The van der Waals surface area contributed by atoms with E-state index in [9.17, 15) is 4.79 Å². The van der Waals surface area contributed by atoms with Crippen LogP contribution in [0.2, 0.25) is 0 Å². The van der Waals surface area contributed by atoms with Gasteiger partial charge in [-0.05, 0) is 13.3 Å². The molecule has 0 rings (SSSR count). The molecule has 1 amide bonds. The minimum Gasteiger partial charge on any atom is -0.377 e. The SMILES string of the molecule is CC=CCCC(=O)NCCOCCOOCN. The largest absolute Gasteiger partial charge is 0.377 e. The fourth-order valence-electron chi connectivity index (χ4n) is 1.03. The number of nitrogens with two attached hydrogens (primary N) is 1. The molecule has 0 saturated carbocycles. The predicted molar refractivity (Wildman–Crippen MR) is 64.0 cm³/mol. The van der Waals surface area contributed by atoms with Crippen molar-refractivity contribution >= 4 is 5.91 Å². The maximum absolute atomic E-state index is 11.2. The van der Waals surface area contributed by atoms with E-state index < -0.39 is 0 Å². The zero-order valence-corrected chi connectivity index (χ0v) is 10.3. The number of nitrogens with one attached hydrogen (secondary N) is 1. The Bertz CT molecular complexity index is 210. The molecule has 0 atom stereocenters. The lowest BCUT2D eigenvalue weighted by molar-refractivity contribution is -0.297. The monoisotopic (exact) mass is 246 g/mol. The minimum absolute atomic E-state index is 0.0300. The van der Waals surface area contributed by atoms with Crippen LogP contribution in [0.5, 0.6) is 0 Å². The molecule has 6 nitrogen and oxygen atoms in total. The molecule has 0 saturated heterocycles. The fourth-order valence-corrected chi connectivity index (χ4v) is 1.03. The first-order valence-electron chi connectivity index (χ1n) is 5.71. The van der Waals surface area contributed by atoms with Crippen LogP contribution in [-0.4, -0.2) is 39.0 Å². The molecule has 0 aromatic carbocycles. The second-order valence-corrected chi connectivity index (χ2v) is 3.18. The first-order valence-corrected chi connectivity index (χ1v) is 5.71. The Kier molecular flexibility index (Phi) is 12.4. The van der Waals surface area contributed by atoms with E-state index in [2.05, 4.69) is 15.1 Å². The number of allylic oxidation sites excluding steroid dienone is 2. The van der Waals surface area contributed by atoms with Crippen molar-refractivity contribution in [3.05, 3.63) is 12.2 Å². The van der Waals surface area contributed by atoms with Gasteiger partial charge < -0.3 is 15.8 Å². The Balaban J connectivity index is 3.13. The van der Waals surface area contributed by atoms with Crippen LogP contribution in [0, 0.1) is 0 Å². The molecule has 0 bridgehead atoms. The smallest absolute Gasteiger partial charge is 0.220 e. The molecule has 0 aliphatic heterocycles.